The first-order valence-electron chi connectivity index (χ1n) is 7.04. The van der Waals surface area contributed by atoms with Gasteiger partial charge in [-0.05, 0) is 24.1 Å². The highest BCUT2D eigenvalue weighted by Gasteiger charge is 2.04. The zero-order valence-electron chi connectivity index (χ0n) is 11.9. The highest BCUT2D eigenvalue weighted by Crippen LogP contribution is 2.17. The van der Waals surface area contributed by atoms with Crippen LogP contribution in [0.3, 0.4) is 0 Å². The summed E-state index contributed by atoms with van der Waals surface area (Å²) in [6.45, 7) is 0.930. The average Bonchev–Trinajstić information content (AvgIpc) is 2.52. The third-order valence-corrected chi connectivity index (χ3v) is 2.99. The molecular formula is C17H20N2O2. The van der Waals surface area contributed by atoms with E-state index in [2.05, 4.69) is 5.32 Å². The van der Waals surface area contributed by atoms with Crippen LogP contribution in [0.25, 0.3) is 0 Å². The van der Waals surface area contributed by atoms with Crippen molar-refractivity contribution in [3.8, 4) is 5.75 Å². The van der Waals surface area contributed by atoms with Crippen molar-refractivity contribution in [2.24, 2.45) is 5.73 Å². The third kappa shape index (κ3) is 5.28. The van der Waals surface area contributed by atoms with Gasteiger partial charge in [-0.1, -0.05) is 36.4 Å². The Morgan fingerprint density at radius 3 is 2.67 bits per heavy atom. The number of amides is 1. The van der Waals surface area contributed by atoms with Crippen LogP contribution in [0, 0.1) is 0 Å². The second-order valence-corrected chi connectivity index (χ2v) is 4.70. The molecule has 21 heavy (non-hydrogen) atoms. The zero-order chi connectivity index (χ0) is 14.9. The first-order valence-corrected chi connectivity index (χ1v) is 7.04. The van der Waals surface area contributed by atoms with E-state index in [9.17, 15) is 4.79 Å². The number of hydrogen-bond donors (Lipinski definition) is 2. The van der Waals surface area contributed by atoms with Gasteiger partial charge in [0.25, 0.3) is 0 Å². The van der Waals surface area contributed by atoms with Gasteiger partial charge in [0.1, 0.15) is 12.4 Å². The first kappa shape index (κ1) is 15.1. The van der Waals surface area contributed by atoms with Crippen LogP contribution in [-0.2, 0) is 11.2 Å². The number of nitrogens with two attached hydrogens (primary N) is 1. The molecule has 3 N–H and O–H groups in total. The van der Waals surface area contributed by atoms with E-state index in [0.29, 0.717) is 25.3 Å². The Kier molecular flexibility index (Phi) is 5.79. The highest BCUT2D eigenvalue weighted by atomic mass is 16.5. The molecule has 4 heteroatoms. The van der Waals surface area contributed by atoms with E-state index in [1.54, 1.807) is 6.07 Å². The lowest BCUT2D eigenvalue weighted by atomic mass is 10.1. The molecule has 0 fully saturated rings. The molecule has 0 atom stereocenters. The van der Waals surface area contributed by atoms with Crippen LogP contribution in [0.4, 0.5) is 5.69 Å². The van der Waals surface area contributed by atoms with Gasteiger partial charge in [0.2, 0.25) is 5.91 Å². The van der Waals surface area contributed by atoms with Crippen LogP contribution in [0.5, 0.6) is 5.75 Å². The van der Waals surface area contributed by atoms with Gasteiger partial charge in [-0.2, -0.15) is 0 Å². The molecule has 0 aromatic heterocycles. The quantitative estimate of drug-likeness (QED) is 0.821. The second-order valence-electron chi connectivity index (χ2n) is 4.70. The predicted octanol–water partition coefficient (Wildman–Crippen LogP) is 2.60. The Bertz CT molecular complexity index is 570. The summed E-state index contributed by atoms with van der Waals surface area (Å²) in [6, 6.07) is 17.3. The molecule has 2 aromatic rings. The van der Waals surface area contributed by atoms with Crippen LogP contribution in [0.2, 0.25) is 0 Å². The molecule has 2 aromatic carbocycles. The van der Waals surface area contributed by atoms with Crippen molar-refractivity contribution in [3.63, 3.8) is 0 Å². The molecule has 0 aliphatic rings. The van der Waals surface area contributed by atoms with Crippen LogP contribution in [-0.4, -0.2) is 19.1 Å². The summed E-state index contributed by atoms with van der Waals surface area (Å²) in [7, 11) is 0. The van der Waals surface area contributed by atoms with E-state index in [1.165, 1.54) is 0 Å². The van der Waals surface area contributed by atoms with Crippen LogP contribution < -0.4 is 15.8 Å². The van der Waals surface area contributed by atoms with E-state index < -0.39 is 0 Å². The molecule has 0 radical (unpaired) electrons. The summed E-state index contributed by atoms with van der Waals surface area (Å²) < 4.78 is 5.43. The molecular weight excluding hydrogens is 264 g/mol. The minimum atomic E-state index is -0.00479. The van der Waals surface area contributed by atoms with Gasteiger partial charge in [-0.15, -0.1) is 0 Å². The topological polar surface area (TPSA) is 64.3 Å². The van der Waals surface area contributed by atoms with Crippen LogP contribution >= 0.6 is 0 Å². The molecule has 4 nitrogen and oxygen atoms in total. The SMILES string of the molecule is NCCOc1cccc(NC(=O)CCc2ccccc2)c1. The lowest BCUT2D eigenvalue weighted by molar-refractivity contribution is -0.116. The van der Waals surface area contributed by atoms with Crippen molar-refractivity contribution in [1.82, 2.24) is 0 Å². The molecule has 0 saturated heterocycles. The van der Waals surface area contributed by atoms with Gasteiger partial charge in [0, 0.05) is 24.7 Å². The summed E-state index contributed by atoms with van der Waals surface area (Å²) in [5.41, 5.74) is 7.29. The first-order chi connectivity index (χ1) is 10.3. The van der Waals surface area contributed by atoms with Gasteiger partial charge in [-0.3, -0.25) is 4.79 Å². The molecule has 0 aliphatic heterocycles. The number of benzene rings is 2. The third-order valence-electron chi connectivity index (χ3n) is 2.99. The molecule has 110 valence electrons. The summed E-state index contributed by atoms with van der Waals surface area (Å²) in [5, 5.41) is 2.88. The monoisotopic (exact) mass is 284 g/mol. The van der Waals surface area contributed by atoms with E-state index in [4.69, 9.17) is 10.5 Å². The molecule has 0 unspecified atom stereocenters. The Hall–Kier alpha value is -2.33. The van der Waals surface area contributed by atoms with Gasteiger partial charge in [0.15, 0.2) is 0 Å². The average molecular weight is 284 g/mol. The smallest absolute Gasteiger partial charge is 0.224 e. The fourth-order valence-corrected chi connectivity index (χ4v) is 1.97. The number of rotatable bonds is 7. The highest BCUT2D eigenvalue weighted by molar-refractivity contribution is 5.91. The minimum absolute atomic E-state index is 0.00479. The van der Waals surface area contributed by atoms with E-state index in [-0.39, 0.29) is 5.91 Å². The van der Waals surface area contributed by atoms with Crippen LogP contribution in [0.15, 0.2) is 54.6 Å². The van der Waals surface area contributed by atoms with Crippen LogP contribution in [0.1, 0.15) is 12.0 Å². The Morgan fingerprint density at radius 2 is 1.90 bits per heavy atom. The maximum atomic E-state index is 11.9. The van der Waals surface area contributed by atoms with Crippen molar-refractivity contribution < 1.29 is 9.53 Å². The Morgan fingerprint density at radius 1 is 1.10 bits per heavy atom. The van der Waals surface area contributed by atoms with Crippen molar-refractivity contribution in [2.45, 2.75) is 12.8 Å². The number of hydrogen-bond acceptors (Lipinski definition) is 3. The molecule has 0 heterocycles. The number of carbonyl (C=O) groups is 1. The molecule has 0 bridgehead atoms. The summed E-state index contributed by atoms with van der Waals surface area (Å²) in [4.78, 5) is 11.9. The largest absolute Gasteiger partial charge is 0.492 e. The van der Waals surface area contributed by atoms with Gasteiger partial charge >= 0.3 is 0 Å². The lowest BCUT2D eigenvalue weighted by Gasteiger charge is -2.08. The summed E-state index contributed by atoms with van der Waals surface area (Å²) >= 11 is 0. The number of ether oxygens (including phenoxy) is 1. The molecule has 2 rings (SSSR count). The Balaban J connectivity index is 1.84. The summed E-state index contributed by atoms with van der Waals surface area (Å²) in [5.74, 6) is 0.705. The molecule has 0 saturated carbocycles. The summed E-state index contributed by atoms with van der Waals surface area (Å²) in [6.07, 6.45) is 1.19. The minimum Gasteiger partial charge on any atom is -0.492 e. The molecule has 0 aliphatic carbocycles. The number of aryl methyl sites for hydroxylation is 1. The second kappa shape index (κ2) is 8.07. The maximum Gasteiger partial charge on any atom is 0.224 e. The van der Waals surface area contributed by atoms with Crippen molar-refractivity contribution in [1.29, 1.82) is 0 Å². The van der Waals surface area contributed by atoms with Crippen molar-refractivity contribution in [3.05, 3.63) is 60.2 Å². The zero-order valence-corrected chi connectivity index (χ0v) is 11.9. The van der Waals surface area contributed by atoms with Crippen molar-refractivity contribution in [2.75, 3.05) is 18.5 Å². The van der Waals surface area contributed by atoms with Crippen molar-refractivity contribution >= 4 is 11.6 Å². The van der Waals surface area contributed by atoms with Gasteiger partial charge in [-0.25, -0.2) is 0 Å². The van der Waals surface area contributed by atoms with E-state index in [0.717, 1.165) is 17.7 Å². The molecule has 0 spiro atoms. The fraction of sp³-hybridized carbons (Fsp3) is 0.235. The van der Waals surface area contributed by atoms with E-state index >= 15 is 0 Å². The normalized spacial score (nSPS) is 10.1. The molecule has 1 amide bonds. The van der Waals surface area contributed by atoms with E-state index in [1.807, 2.05) is 48.5 Å². The van der Waals surface area contributed by atoms with Gasteiger partial charge in [0.05, 0.1) is 0 Å². The maximum absolute atomic E-state index is 11.9. The lowest BCUT2D eigenvalue weighted by Crippen LogP contribution is -2.13. The predicted molar refractivity (Wildman–Crippen MR) is 84.4 cm³/mol. The standard InChI is InChI=1S/C17H20N2O2/c18-11-12-21-16-8-4-7-15(13-16)19-17(20)10-9-14-5-2-1-3-6-14/h1-8,13H,9-12,18H2,(H,19,20). The number of carbonyl (C=O) groups excluding carboxylic acids is 1. The number of nitrogens with one attached hydrogen (secondary N) is 1. The Labute approximate surface area is 124 Å². The van der Waals surface area contributed by atoms with Gasteiger partial charge < -0.3 is 15.8 Å². The number of anilines is 1. The fourth-order valence-electron chi connectivity index (χ4n) is 1.97.